The summed E-state index contributed by atoms with van der Waals surface area (Å²) in [4.78, 5) is 5.26. The summed E-state index contributed by atoms with van der Waals surface area (Å²) in [6.07, 6.45) is 3.17. The van der Waals surface area contributed by atoms with Gasteiger partial charge in [0.2, 0.25) is 0 Å². The lowest BCUT2D eigenvalue weighted by Crippen LogP contribution is -2.24. The highest BCUT2D eigenvalue weighted by Crippen LogP contribution is 2.40. The Morgan fingerprint density at radius 1 is 1.41 bits per heavy atom. The summed E-state index contributed by atoms with van der Waals surface area (Å²) in [6.45, 7) is 0.783. The fraction of sp³-hybridized carbons (Fsp3) is 0.385. The fourth-order valence-electron chi connectivity index (χ4n) is 2.20. The fourth-order valence-corrected chi connectivity index (χ4v) is 2.20. The molecular weight excluding hydrogens is 214 g/mol. The smallest absolute Gasteiger partial charge is 0.157 e. The van der Waals surface area contributed by atoms with Crippen LogP contribution in [0.25, 0.3) is 0 Å². The monoisotopic (exact) mass is 231 g/mol. The molecule has 1 heterocycles. The zero-order chi connectivity index (χ0) is 11.7. The van der Waals surface area contributed by atoms with Crippen molar-refractivity contribution >= 4 is 0 Å². The van der Waals surface area contributed by atoms with Gasteiger partial charge in [-0.25, -0.2) is 0 Å². The van der Waals surface area contributed by atoms with Gasteiger partial charge in [0, 0.05) is 19.0 Å². The van der Waals surface area contributed by atoms with Crippen molar-refractivity contribution in [3.8, 4) is 0 Å². The number of benzene rings is 1. The maximum absolute atomic E-state index is 5.26. The van der Waals surface area contributed by atoms with Gasteiger partial charge >= 0.3 is 0 Å². The van der Waals surface area contributed by atoms with Crippen LogP contribution in [-0.2, 0) is 4.84 Å². The van der Waals surface area contributed by atoms with E-state index in [0.29, 0.717) is 12.0 Å². The van der Waals surface area contributed by atoms with Crippen LogP contribution in [-0.4, -0.2) is 24.6 Å². The first-order valence-corrected chi connectivity index (χ1v) is 5.97. The van der Waals surface area contributed by atoms with Gasteiger partial charge in [0.05, 0.1) is 12.7 Å². The Bertz CT molecular complexity index is 418. The van der Waals surface area contributed by atoms with E-state index < -0.39 is 0 Å². The van der Waals surface area contributed by atoms with Crippen LogP contribution >= 0.6 is 0 Å². The SMILES string of the molecule is CN1C=C(CNC2CC2c2ccccc2)ON1. The third-order valence-electron chi connectivity index (χ3n) is 3.22. The molecule has 2 unspecified atom stereocenters. The number of nitrogens with one attached hydrogen (secondary N) is 2. The molecule has 1 aliphatic carbocycles. The lowest BCUT2D eigenvalue weighted by molar-refractivity contribution is 0.0341. The molecule has 4 nitrogen and oxygen atoms in total. The first kappa shape index (κ1) is 10.6. The second kappa shape index (κ2) is 4.39. The molecule has 17 heavy (non-hydrogen) atoms. The third-order valence-corrected chi connectivity index (χ3v) is 3.22. The minimum absolute atomic E-state index is 0.591. The Kier molecular flexibility index (Phi) is 2.74. The maximum Gasteiger partial charge on any atom is 0.157 e. The summed E-state index contributed by atoms with van der Waals surface area (Å²) < 4.78 is 0. The highest BCUT2D eigenvalue weighted by Gasteiger charge is 2.37. The first-order valence-electron chi connectivity index (χ1n) is 5.97. The largest absolute Gasteiger partial charge is 0.391 e. The molecule has 1 saturated carbocycles. The van der Waals surface area contributed by atoms with Crippen LogP contribution in [0, 0.1) is 0 Å². The molecule has 0 bridgehead atoms. The highest BCUT2D eigenvalue weighted by atomic mass is 16.7. The Morgan fingerprint density at radius 2 is 2.24 bits per heavy atom. The molecule has 0 radical (unpaired) electrons. The Balaban J connectivity index is 1.48. The minimum Gasteiger partial charge on any atom is -0.391 e. The molecule has 0 amide bonds. The first-order chi connectivity index (χ1) is 8.33. The Hall–Kier alpha value is -1.52. The topological polar surface area (TPSA) is 36.5 Å². The molecule has 1 aliphatic heterocycles. The summed E-state index contributed by atoms with van der Waals surface area (Å²) >= 11 is 0. The minimum atomic E-state index is 0.591. The van der Waals surface area contributed by atoms with Gasteiger partial charge in [-0.05, 0) is 12.0 Å². The standard InChI is InChI=1S/C13H17N3O/c1-16-9-11(17-15-16)8-14-13-7-12(13)10-5-3-2-4-6-10/h2-6,9,12-15H,7-8H2,1H3. The molecule has 2 aliphatic rings. The van der Waals surface area contributed by atoms with Gasteiger partial charge in [-0.2, -0.15) is 0 Å². The third kappa shape index (κ3) is 2.43. The molecule has 2 atom stereocenters. The van der Waals surface area contributed by atoms with E-state index in [1.165, 1.54) is 12.0 Å². The van der Waals surface area contributed by atoms with Crippen LogP contribution in [0.4, 0.5) is 0 Å². The normalized spacial score (nSPS) is 26.6. The predicted octanol–water partition coefficient (Wildman–Crippen LogP) is 1.36. The van der Waals surface area contributed by atoms with E-state index in [0.717, 1.165) is 12.3 Å². The zero-order valence-electron chi connectivity index (χ0n) is 9.89. The van der Waals surface area contributed by atoms with Crippen molar-refractivity contribution in [2.75, 3.05) is 13.6 Å². The Morgan fingerprint density at radius 3 is 2.94 bits per heavy atom. The summed E-state index contributed by atoms with van der Waals surface area (Å²) in [5.41, 5.74) is 4.19. The molecule has 0 aromatic heterocycles. The summed E-state index contributed by atoms with van der Waals surface area (Å²) in [5.74, 6) is 1.61. The summed E-state index contributed by atoms with van der Waals surface area (Å²) in [6, 6.07) is 11.3. The van der Waals surface area contributed by atoms with E-state index in [1.54, 1.807) is 5.01 Å². The number of hydrazine groups is 1. The van der Waals surface area contributed by atoms with Crippen molar-refractivity contribution < 1.29 is 4.84 Å². The average Bonchev–Trinajstić information content (AvgIpc) is 3.03. The van der Waals surface area contributed by atoms with Gasteiger partial charge in [-0.1, -0.05) is 35.9 Å². The van der Waals surface area contributed by atoms with E-state index >= 15 is 0 Å². The molecule has 3 rings (SSSR count). The van der Waals surface area contributed by atoms with Crippen LogP contribution in [0.2, 0.25) is 0 Å². The van der Waals surface area contributed by atoms with Gasteiger partial charge in [-0.15, -0.1) is 0 Å². The van der Waals surface area contributed by atoms with Gasteiger partial charge in [-0.3, -0.25) is 5.01 Å². The van der Waals surface area contributed by atoms with Crippen LogP contribution in [0.1, 0.15) is 17.9 Å². The van der Waals surface area contributed by atoms with Crippen LogP contribution in [0.3, 0.4) is 0 Å². The quantitative estimate of drug-likeness (QED) is 0.820. The number of rotatable bonds is 4. The molecule has 90 valence electrons. The van der Waals surface area contributed by atoms with Crippen LogP contribution in [0.15, 0.2) is 42.3 Å². The van der Waals surface area contributed by atoms with Crippen molar-refractivity contribution in [1.29, 1.82) is 0 Å². The number of hydrogen-bond donors (Lipinski definition) is 2. The molecule has 1 fully saturated rings. The molecular formula is C13H17N3O. The van der Waals surface area contributed by atoms with Crippen molar-refractivity contribution in [3.63, 3.8) is 0 Å². The van der Waals surface area contributed by atoms with Crippen LogP contribution < -0.4 is 10.9 Å². The van der Waals surface area contributed by atoms with E-state index in [-0.39, 0.29) is 0 Å². The lowest BCUT2D eigenvalue weighted by atomic mass is 10.1. The van der Waals surface area contributed by atoms with Crippen molar-refractivity contribution in [3.05, 3.63) is 47.9 Å². The molecule has 0 saturated heterocycles. The summed E-state index contributed by atoms with van der Waals surface area (Å²) in [7, 11) is 1.91. The molecule has 1 aromatic rings. The van der Waals surface area contributed by atoms with E-state index in [9.17, 15) is 0 Å². The molecule has 0 spiro atoms. The van der Waals surface area contributed by atoms with E-state index in [4.69, 9.17) is 4.84 Å². The Labute approximate surface area is 101 Å². The molecule has 1 aromatic carbocycles. The lowest BCUT2D eigenvalue weighted by Gasteiger charge is -2.05. The summed E-state index contributed by atoms with van der Waals surface area (Å²) in [5, 5.41) is 5.31. The van der Waals surface area contributed by atoms with Gasteiger partial charge < -0.3 is 10.2 Å². The van der Waals surface area contributed by atoms with Crippen molar-refractivity contribution in [2.24, 2.45) is 0 Å². The predicted molar refractivity (Wildman–Crippen MR) is 65.7 cm³/mol. The van der Waals surface area contributed by atoms with Crippen LogP contribution in [0.5, 0.6) is 0 Å². The van der Waals surface area contributed by atoms with Gasteiger partial charge in [0.15, 0.2) is 5.76 Å². The van der Waals surface area contributed by atoms with Crippen molar-refractivity contribution in [1.82, 2.24) is 15.9 Å². The molecule has 4 heteroatoms. The van der Waals surface area contributed by atoms with E-state index in [1.807, 2.05) is 13.2 Å². The average molecular weight is 231 g/mol. The van der Waals surface area contributed by atoms with Gasteiger partial charge in [0.1, 0.15) is 0 Å². The highest BCUT2D eigenvalue weighted by molar-refractivity contribution is 5.27. The second-order valence-corrected chi connectivity index (χ2v) is 4.64. The van der Waals surface area contributed by atoms with E-state index in [2.05, 4.69) is 41.2 Å². The number of hydrogen-bond acceptors (Lipinski definition) is 4. The second-order valence-electron chi connectivity index (χ2n) is 4.64. The molecule has 2 N–H and O–H groups in total. The zero-order valence-corrected chi connectivity index (χ0v) is 9.89. The van der Waals surface area contributed by atoms with Crippen molar-refractivity contribution in [2.45, 2.75) is 18.4 Å². The van der Waals surface area contributed by atoms with Gasteiger partial charge in [0.25, 0.3) is 0 Å². The number of nitrogens with zero attached hydrogens (tertiary/aromatic N) is 1. The maximum atomic E-state index is 5.26.